The number of alkyl carbamates (subject to hydrolysis) is 1. The first-order valence-corrected chi connectivity index (χ1v) is 7.60. The number of amides is 1. The highest BCUT2D eigenvalue weighted by atomic mass is 35.5. The Hall–Kier alpha value is -2.12. The van der Waals surface area contributed by atoms with Crippen LogP contribution >= 0.6 is 22.9 Å². The average molecular weight is 341 g/mol. The zero-order valence-electron chi connectivity index (χ0n) is 11.4. The largest absolute Gasteiger partial charge is 0.480 e. The number of benzene rings is 1. The lowest BCUT2D eigenvalue weighted by molar-refractivity contribution is -0.139. The van der Waals surface area contributed by atoms with E-state index in [0.29, 0.717) is 10.2 Å². The Morgan fingerprint density at radius 2 is 2.09 bits per heavy atom. The van der Waals surface area contributed by atoms with Gasteiger partial charge in [-0.3, -0.25) is 0 Å². The first-order chi connectivity index (χ1) is 10.5. The van der Waals surface area contributed by atoms with E-state index in [1.54, 1.807) is 17.5 Å². The van der Waals surface area contributed by atoms with Crippen LogP contribution in [0, 0.1) is 0 Å². The highest BCUT2D eigenvalue weighted by molar-refractivity contribution is 7.13. The summed E-state index contributed by atoms with van der Waals surface area (Å²) in [4.78, 5) is 26.8. The summed E-state index contributed by atoms with van der Waals surface area (Å²) in [6, 6.07) is 7.98. The molecule has 6 nitrogen and oxygen atoms in total. The third kappa shape index (κ3) is 5.01. The summed E-state index contributed by atoms with van der Waals surface area (Å²) >= 11 is 6.90. The minimum Gasteiger partial charge on any atom is -0.480 e. The van der Waals surface area contributed by atoms with Crippen LogP contribution in [0.5, 0.6) is 0 Å². The Balaban J connectivity index is 1.87. The SMILES string of the molecule is O=C(N[C@@H](Cc1csc(Cl)n1)C(=O)O)OCc1ccccc1. The van der Waals surface area contributed by atoms with Gasteiger partial charge >= 0.3 is 12.1 Å². The van der Waals surface area contributed by atoms with E-state index >= 15 is 0 Å². The number of aliphatic carboxylic acids is 1. The number of rotatable bonds is 6. The molecule has 116 valence electrons. The minimum atomic E-state index is -1.17. The maximum absolute atomic E-state index is 11.7. The number of halogens is 1. The van der Waals surface area contributed by atoms with E-state index < -0.39 is 18.1 Å². The molecule has 0 saturated heterocycles. The van der Waals surface area contributed by atoms with Gasteiger partial charge in [-0.05, 0) is 5.56 Å². The van der Waals surface area contributed by atoms with Gasteiger partial charge in [-0.25, -0.2) is 14.6 Å². The number of carboxylic acid groups (broad SMARTS) is 1. The van der Waals surface area contributed by atoms with Crippen LogP contribution in [0.4, 0.5) is 4.79 Å². The van der Waals surface area contributed by atoms with Gasteiger partial charge in [-0.15, -0.1) is 11.3 Å². The van der Waals surface area contributed by atoms with E-state index in [-0.39, 0.29) is 13.0 Å². The van der Waals surface area contributed by atoms with Gasteiger partial charge in [0, 0.05) is 11.8 Å². The predicted octanol–water partition coefficient (Wildman–Crippen LogP) is 2.72. The third-order valence-corrected chi connectivity index (χ3v) is 3.77. The summed E-state index contributed by atoms with van der Waals surface area (Å²) in [6.07, 6.45) is -0.753. The third-order valence-electron chi connectivity index (χ3n) is 2.74. The van der Waals surface area contributed by atoms with Gasteiger partial charge in [0.25, 0.3) is 0 Å². The highest BCUT2D eigenvalue weighted by Crippen LogP contribution is 2.16. The van der Waals surface area contributed by atoms with E-state index in [0.717, 1.165) is 5.56 Å². The lowest BCUT2D eigenvalue weighted by Crippen LogP contribution is -2.42. The summed E-state index contributed by atoms with van der Waals surface area (Å²) < 4.78 is 5.32. The number of aromatic nitrogens is 1. The number of carbonyl (C=O) groups is 2. The maximum Gasteiger partial charge on any atom is 0.408 e. The molecule has 2 aromatic rings. The summed E-state index contributed by atoms with van der Waals surface area (Å²) in [5, 5.41) is 13.1. The normalized spacial score (nSPS) is 11.7. The molecule has 0 aliphatic carbocycles. The van der Waals surface area contributed by atoms with Crippen molar-refractivity contribution < 1.29 is 19.4 Å². The highest BCUT2D eigenvalue weighted by Gasteiger charge is 2.22. The van der Waals surface area contributed by atoms with E-state index in [9.17, 15) is 9.59 Å². The Morgan fingerprint density at radius 3 is 2.68 bits per heavy atom. The summed E-state index contributed by atoms with van der Waals surface area (Å²) in [5.41, 5.74) is 1.32. The molecule has 22 heavy (non-hydrogen) atoms. The molecule has 1 aromatic carbocycles. The molecule has 1 atom stereocenters. The van der Waals surface area contributed by atoms with Crippen LogP contribution in [-0.2, 0) is 22.6 Å². The van der Waals surface area contributed by atoms with Crippen molar-refractivity contribution in [2.24, 2.45) is 0 Å². The molecule has 0 saturated carbocycles. The van der Waals surface area contributed by atoms with Crippen molar-refractivity contribution >= 4 is 35.0 Å². The fourth-order valence-corrected chi connectivity index (χ4v) is 2.49. The van der Waals surface area contributed by atoms with Crippen LogP contribution in [0.3, 0.4) is 0 Å². The number of carboxylic acids is 1. The molecule has 2 N–H and O–H groups in total. The zero-order valence-corrected chi connectivity index (χ0v) is 12.9. The van der Waals surface area contributed by atoms with Crippen molar-refractivity contribution in [3.8, 4) is 0 Å². The van der Waals surface area contributed by atoms with E-state index in [1.807, 2.05) is 18.2 Å². The van der Waals surface area contributed by atoms with Crippen LogP contribution in [0.1, 0.15) is 11.3 Å². The van der Waals surface area contributed by atoms with E-state index in [1.165, 1.54) is 11.3 Å². The van der Waals surface area contributed by atoms with Gasteiger partial charge in [0.2, 0.25) is 0 Å². The van der Waals surface area contributed by atoms with Crippen LogP contribution < -0.4 is 5.32 Å². The van der Waals surface area contributed by atoms with Crippen molar-refractivity contribution in [1.82, 2.24) is 10.3 Å². The van der Waals surface area contributed by atoms with Crippen molar-refractivity contribution in [3.63, 3.8) is 0 Å². The number of nitrogens with zero attached hydrogens (tertiary/aromatic N) is 1. The summed E-state index contributed by atoms with van der Waals surface area (Å²) in [6.45, 7) is 0.0710. The topological polar surface area (TPSA) is 88.5 Å². The maximum atomic E-state index is 11.7. The molecule has 0 spiro atoms. The van der Waals surface area contributed by atoms with Gasteiger partial charge in [0.1, 0.15) is 12.6 Å². The van der Waals surface area contributed by atoms with Crippen molar-refractivity contribution in [2.75, 3.05) is 0 Å². The van der Waals surface area contributed by atoms with Crippen LogP contribution in [0.2, 0.25) is 4.47 Å². The predicted molar refractivity (Wildman–Crippen MR) is 82.0 cm³/mol. The molecule has 0 bridgehead atoms. The van der Waals surface area contributed by atoms with Crippen molar-refractivity contribution in [3.05, 3.63) is 51.4 Å². The number of hydrogen-bond donors (Lipinski definition) is 2. The van der Waals surface area contributed by atoms with Crippen LogP contribution in [0.15, 0.2) is 35.7 Å². The van der Waals surface area contributed by atoms with Crippen LogP contribution in [0.25, 0.3) is 0 Å². The lowest BCUT2D eigenvalue weighted by Gasteiger charge is -2.13. The molecule has 1 aromatic heterocycles. The average Bonchev–Trinajstić information content (AvgIpc) is 2.91. The molecule has 0 radical (unpaired) electrons. The van der Waals surface area contributed by atoms with Gasteiger partial charge in [-0.2, -0.15) is 0 Å². The Labute approximate surface area is 135 Å². The molecule has 0 aliphatic heterocycles. The number of nitrogens with one attached hydrogen (secondary N) is 1. The second-order valence-electron chi connectivity index (χ2n) is 4.39. The molecule has 8 heteroatoms. The van der Waals surface area contributed by atoms with Crippen molar-refractivity contribution in [1.29, 1.82) is 0 Å². The number of hydrogen-bond acceptors (Lipinski definition) is 5. The molecule has 1 heterocycles. The Morgan fingerprint density at radius 1 is 1.36 bits per heavy atom. The monoisotopic (exact) mass is 340 g/mol. The molecule has 0 unspecified atom stereocenters. The molecule has 1 amide bonds. The summed E-state index contributed by atoms with van der Waals surface area (Å²) in [7, 11) is 0. The summed E-state index contributed by atoms with van der Waals surface area (Å²) in [5.74, 6) is -1.17. The van der Waals surface area contributed by atoms with E-state index in [2.05, 4.69) is 10.3 Å². The number of thiazole rings is 1. The zero-order chi connectivity index (χ0) is 15.9. The second-order valence-corrected chi connectivity index (χ2v) is 5.83. The smallest absolute Gasteiger partial charge is 0.408 e. The fourth-order valence-electron chi connectivity index (χ4n) is 1.69. The molecular formula is C14H13ClN2O4S. The molecule has 2 rings (SSSR count). The van der Waals surface area contributed by atoms with Gasteiger partial charge < -0.3 is 15.2 Å². The molecular weight excluding hydrogens is 328 g/mol. The molecule has 0 aliphatic rings. The van der Waals surface area contributed by atoms with Gasteiger partial charge in [-0.1, -0.05) is 41.9 Å². The Bertz CT molecular complexity index is 647. The molecule has 0 fully saturated rings. The lowest BCUT2D eigenvalue weighted by atomic mass is 10.2. The Kier molecular flexibility index (Phi) is 5.74. The van der Waals surface area contributed by atoms with Crippen molar-refractivity contribution in [2.45, 2.75) is 19.1 Å². The van der Waals surface area contributed by atoms with Crippen LogP contribution in [-0.4, -0.2) is 28.2 Å². The van der Waals surface area contributed by atoms with Gasteiger partial charge in [0.15, 0.2) is 4.47 Å². The first-order valence-electron chi connectivity index (χ1n) is 6.34. The quantitative estimate of drug-likeness (QED) is 0.844. The van der Waals surface area contributed by atoms with E-state index in [4.69, 9.17) is 21.4 Å². The minimum absolute atomic E-state index is 0.0407. The first kappa shape index (κ1) is 16.3. The second kappa shape index (κ2) is 7.77. The van der Waals surface area contributed by atoms with Gasteiger partial charge in [0.05, 0.1) is 5.69 Å². The number of carbonyl (C=O) groups excluding carboxylic acids is 1. The standard InChI is InChI=1S/C14H13ClN2O4S/c15-13-16-10(8-22-13)6-11(12(18)19)17-14(20)21-7-9-4-2-1-3-5-9/h1-5,8,11H,6-7H2,(H,17,20)(H,18,19)/t11-/m0/s1. The fraction of sp³-hybridized carbons (Fsp3) is 0.214. The number of ether oxygens (including phenoxy) is 1.